The van der Waals surface area contributed by atoms with Gasteiger partial charge >= 0.3 is 0 Å². The van der Waals surface area contributed by atoms with Crippen LogP contribution in [-0.2, 0) is 9.59 Å². The van der Waals surface area contributed by atoms with Gasteiger partial charge in [0.05, 0.1) is 6.54 Å². The van der Waals surface area contributed by atoms with E-state index < -0.39 is 0 Å². The second kappa shape index (κ2) is 3.71. The minimum absolute atomic E-state index is 0.0292. The lowest BCUT2D eigenvalue weighted by atomic mass is 9.88. The smallest absolute Gasteiger partial charge is 0.223 e. The molecular weight excluding hydrogens is 178 g/mol. The van der Waals surface area contributed by atoms with Crippen molar-refractivity contribution in [2.75, 3.05) is 6.54 Å². The molecule has 3 nitrogen and oxygen atoms in total. The maximum absolute atomic E-state index is 11.7. The van der Waals surface area contributed by atoms with Gasteiger partial charge in [0.2, 0.25) is 5.91 Å². The van der Waals surface area contributed by atoms with E-state index in [0.29, 0.717) is 5.92 Å². The van der Waals surface area contributed by atoms with E-state index in [2.05, 4.69) is 5.32 Å². The number of hydrogen-bond acceptors (Lipinski definition) is 2. The van der Waals surface area contributed by atoms with Crippen LogP contribution in [0.15, 0.2) is 0 Å². The van der Waals surface area contributed by atoms with Gasteiger partial charge in [-0.3, -0.25) is 9.59 Å². The van der Waals surface area contributed by atoms with Crippen LogP contribution in [0.25, 0.3) is 0 Å². The van der Waals surface area contributed by atoms with Crippen molar-refractivity contribution in [1.29, 1.82) is 0 Å². The molecule has 78 valence electrons. The monoisotopic (exact) mass is 195 g/mol. The van der Waals surface area contributed by atoms with Crippen LogP contribution in [0.2, 0.25) is 0 Å². The summed E-state index contributed by atoms with van der Waals surface area (Å²) in [5.74, 6) is 1.72. The molecule has 2 fully saturated rings. The van der Waals surface area contributed by atoms with Crippen molar-refractivity contribution < 1.29 is 9.59 Å². The van der Waals surface area contributed by atoms with Crippen LogP contribution in [0.5, 0.6) is 0 Å². The molecule has 0 heterocycles. The standard InChI is InChI=1S/C11H17NO2/c1-7(13)6-12-11(14)10-5-8-2-3-9(10)4-8/h8-10H,2-6H2,1H3,(H,12,14). The van der Waals surface area contributed by atoms with Crippen molar-refractivity contribution >= 4 is 11.7 Å². The first kappa shape index (κ1) is 9.69. The lowest BCUT2D eigenvalue weighted by Gasteiger charge is -2.20. The van der Waals surface area contributed by atoms with Gasteiger partial charge in [0.15, 0.2) is 0 Å². The first-order valence-electron chi connectivity index (χ1n) is 5.44. The number of carbonyl (C=O) groups excluding carboxylic acids is 2. The second-order valence-electron chi connectivity index (χ2n) is 4.70. The third kappa shape index (κ3) is 1.81. The summed E-state index contributed by atoms with van der Waals surface area (Å²) in [6.45, 7) is 1.70. The van der Waals surface area contributed by atoms with Gasteiger partial charge in [-0.25, -0.2) is 0 Å². The predicted octanol–water partition coefficient (Wildman–Crippen LogP) is 1.13. The van der Waals surface area contributed by atoms with Crippen LogP contribution in [0.1, 0.15) is 32.6 Å². The van der Waals surface area contributed by atoms with Gasteiger partial charge < -0.3 is 5.32 Å². The Balaban J connectivity index is 1.84. The molecule has 0 aromatic heterocycles. The molecule has 2 rings (SSSR count). The van der Waals surface area contributed by atoms with E-state index in [-0.39, 0.29) is 24.2 Å². The molecule has 0 saturated heterocycles. The van der Waals surface area contributed by atoms with Crippen LogP contribution in [0.4, 0.5) is 0 Å². The maximum Gasteiger partial charge on any atom is 0.223 e. The number of amides is 1. The molecule has 2 bridgehead atoms. The van der Waals surface area contributed by atoms with Gasteiger partial charge in [-0.2, -0.15) is 0 Å². The Morgan fingerprint density at radius 1 is 1.29 bits per heavy atom. The summed E-state index contributed by atoms with van der Waals surface area (Å²) in [6.07, 6.45) is 4.80. The van der Waals surface area contributed by atoms with E-state index in [1.54, 1.807) is 0 Å². The van der Waals surface area contributed by atoms with Gasteiger partial charge in [0.25, 0.3) is 0 Å². The number of ketones is 1. The summed E-state index contributed by atoms with van der Waals surface area (Å²) in [4.78, 5) is 22.4. The number of fused-ring (bicyclic) bond motifs is 2. The van der Waals surface area contributed by atoms with E-state index in [1.807, 2.05) is 0 Å². The van der Waals surface area contributed by atoms with E-state index >= 15 is 0 Å². The Labute approximate surface area is 84.2 Å². The molecule has 2 aliphatic rings. The first-order chi connectivity index (χ1) is 6.66. The molecular formula is C11H17NO2. The van der Waals surface area contributed by atoms with Crippen molar-refractivity contribution in [3.8, 4) is 0 Å². The summed E-state index contributed by atoms with van der Waals surface area (Å²) in [5, 5.41) is 2.72. The molecule has 14 heavy (non-hydrogen) atoms. The van der Waals surface area contributed by atoms with Crippen molar-refractivity contribution in [2.24, 2.45) is 17.8 Å². The molecule has 1 amide bonds. The van der Waals surface area contributed by atoms with Crippen molar-refractivity contribution in [1.82, 2.24) is 5.32 Å². The number of carbonyl (C=O) groups is 2. The molecule has 3 atom stereocenters. The molecule has 3 heteroatoms. The zero-order valence-corrected chi connectivity index (χ0v) is 8.58. The van der Waals surface area contributed by atoms with Crippen LogP contribution >= 0.6 is 0 Å². The van der Waals surface area contributed by atoms with Crippen LogP contribution in [-0.4, -0.2) is 18.2 Å². The topological polar surface area (TPSA) is 46.2 Å². The molecule has 2 saturated carbocycles. The molecule has 3 unspecified atom stereocenters. The summed E-state index contributed by atoms with van der Waals surface area (Å²) in [7, 11) is 0. The molecule has 0 spiro atoms. The largest absolute Gasteiger partial charge is 0.349 e. The predicted molar refractivity (Wildman–Crippen MR) is 52.6 cm³/mol. The third-order valence-corrected chi connectivity index (χ3v) is 3.59. The van der Waals surface area contributed by atoms with Gasteiger partial charge in [0.1, 0.15) is 5.78 Å². The van der Waals surface area contributed by atoms with E-state index in [9.17, 15) is 9.59 Å². The third-order valence-electron chi connectivity index (χ3n) is 3.59. The van der Waals surface area contributed by atoms with Gasteiger partial charge in [-0.1, -0.05) is 6.42 Å². The maximum atomic E-state index is 11.7. The average Bonchev–Trinajstić information content (AvgIpc) is 2.74. The van der Waals surface area contributed by atoms with Crippen molar-refractivity contribution in [3.63, 3.8) is 0 Å². The minimum atomic E-state index is 0.0292. The lowest BCUT2D eigenvalue weighted by Crippen LogP contribution is -2.36. The SMILES string of the molecule is CC(=O)CNC(=O)C1CC2CCC1C2. The summed E-state index contributed by atoms with van der Waals surface area (Å²) < 4.78 is 0. The quantitative estimate of drug-likeness (QED) is 0.733. The zero-order chi connectivity index (χ0) is 10.1. The Morgan fingerprint density at radius 2 is 2.07 bits per heavy atom. The number of rotatable bonds is 3. The Morgan fingerprint density at radius 3 is 2.57 bits per heavy atom. The van der Waals surface area contributed by atoms with E-state index in [0.717, 1.165) is 12.3 Å². The van der Waals surface area contributed by atoms with Crippen molar-refractivity contribution in [3.05, 3.63) is 0 Å². The summed E-state index contributed by atoms with van der Waals surface area (Å²) in [5.41, 5.74) is 0. The average molecular weight is 195 g/mol. The highest BCUT2D eigenvalue weighted by atomic mass is 16.2. The Bertz CT molecular complexity index is 262. The molecule has 2 aliphatic carbocycles. The number of nitrogens with one attached hydrogen (secondary N) is 1. The van der Waals surface area contributed by atoms with E-state index in [4.69, 9.17) is 0 Å². The fourth-order valence-corrected chi connectivity index (χ4v) is 2.91. The van der Waals surface area contributed by atoms with Crippen LogP contribution in [0, 0.1) is 17.8 Å². The lowest BCUT2D eigenvalue weighted by molar-refractivity contribution is -0.128. The highest BCUT2D eigenvalue weighted by molar-refractivity contribution is 5.86. The Hall–Kier alpha value is -0.860. The van der Waals surface area contributed by atoms with Crippen LogP contribution in [0.3, 0.4) is 0 Å². The summed E-state index contributed by atoms with van der Waals surface area (Å²) >= 11 is 0. The van der Waals surface area contributed by atoms with Crippen molar-refractivity contribution in [2.45, 2.75) is 32.6 Å². The number of hydrogen-bond donors (Lipinski definition) is 1. The molecule has 0 radical (unpaired) electrons. The number of Topliss-reactive ketones (excluding diaryl/α,β-unsaturated/α-hetero) is 1. The normalized spacial score (nSPS) is 34.5. The van der Waals surface area contributed by atoms with Gasteiger partial charge in [0, 0.05) is 5.92 Å². The fraction of sp³-hybridized carbons (Fsp3) is 0.818. The van der Waals surface area contributed by atoms with Gasteiger partial charge in [-0.05, 0) is 38.0 Å². The Kier molecular flexibility index (Phi) is 2.57. The highest BCUT2D eigenvalue weighted by Gasteiger charge is 2.42. The van der Waals surface area contributed by atoms with E-state index in [1.165, 1.54) is 26.2 Å². The first-order valence-corrected chi connectivity index (χ1v) is 5.44. The molecule has 0 aliphatic heterocycles. The zero-order valence-electron chi connectivity index (χ0n) is 8.58. The minimum Gasteiger partial charge on any atom is -0.349 e. The van der Waals surface area contributed by atoms with Crippen LogP contribution < -0.4 is 5.32 Å². The molecule has 1 N–H and O–H groups in total. The second-order valence-corrected chi connectivity index (χ2v) is 4.70. The fourth-order valence-electron chi connectivity index (χ4n) is 2.91. The molecule has 0 aromatic carbocycles. The summed E-state index contributed by atoms with van der Waals surface area (Å²) in [6, 6.07) is 0. The molecule has 0 aromatic rings. The highest BCUT2D eigenvalue weighted by Crippen LogP contribution is 2.48. The van der Waals surface area contributed by atoms with Gasteiger partial charge in [-0.15, -0.1) is 0 Å².